The molecule has 1 aromatic carbocycles. The molecule has 1 aliphatic heterocycles. The van der Waals surface area contributed by atoms with Crippen LogP contribution in [0.3, 0.4) is 0 Å². The van der Waals surface area contributed by atoms with Crippen LogP contribution >= 0.6 is 0 Å². The Bertz CT molecular complexity index is 1170. The standard InChI is InChI=1S/C19H25N7O2S.C2HF3O2/c1-14(13-20)15-7-10-26(11-8-15)19-24-17(16-5-3-2-4-6-16)23-18(25-19)22-9-12-29(21,27)28;3-2(4,5)1(6)7/h2-6,14-15H,7-12H2,1H3,(H2,21,27,28)(H,22,23,24,25);(H,6,7). The molecule has 1 unspecified atom stereocenters. The van der Waals surface area contributed by atoms with E-state index in [2.05, 4.69) is 31.2 Å². The van der Waals surface area contributed by atoms with Crippen molar-refractivity contribution in [2.45, 2.75) is 25.9 Å². The van der Waals surface area contributed by atoms with Crippen molar-refractivity contribution in [1.29, 1.82) is 5.26 Å². The zero-order valence-corrected chi connectivity index (χ0v) is 20.1. The number of nitriles is 1. The van der Waals surface area contributed by atoms with Crippen LogP contribution in [0.2, 0.25) is 0 Å². The smallest absolute Gasteiger partial charge is 0.475 e. The van der Waals surface area contributed by atoms with Crippen molar-refractivity contribution in [1.82, 2.24) is 15.0 Å². The minimum atomic E-state index is -5.08. The summed E-state index contributed by atoms with van der Waals surface area (Å²) in [6, 6.07) is 11.9. The summed E-state index contributed by atoms with van der Waals surface area (Å²) < 4.78 is 54.1. The van der Waals surface area contributed by atoms with Gasteiger partial charge in [-0.15, -0.1) is 0 Å². The fraction of sp³-hybridized carbons (Fsp3) is 0.476. The molecular weight excluding hydrogens is 503 g/mol. The minimum Gasteiger partial charge on any atom is -0.475 e. The first kappa shape index (κ1) is 28.7. The van der Waals surface area contributed by atoms with Gasteiger partial charge in [0.25, 0.3) is 0 Å². The van der Waals surface area contributed by atoms with Crippen LogP contribution in [0, 0.1) is 23.2 Å². The van der Waals surface area contributed by atoms with Crippen LogP contribution in [-0.4, -0.2) is 66.0 Å². The summed E-state index contributed by atoms with van der Waals surface area (Å²) >= 11 is 0. The number of piperidine rings is 1. The van der Waals surface area contributed by atoms with Crippen molar-refractivity contribution in [3.05, 3.63) is 30.3 Å². The maximum absolute atomic E-state index is 11.2. The highest BCUT2D eigenvalue weighted by molar-refractivity contribution is 7.89. The van der Waals surface area contributed by atoms with Crippen LogP contribution in [-0.2, 0) is 14.8 Å². The summed E-state index contributed by atoms with van der Waals surface area (Å²) in [7, 11) is -3.57. The number of carboxylic acid groups (broad SMARTS) is 1. The molecule has 1 atom stereocenters. The van der Waals surface area contributed by atoms with E-state index in [9.17, 15) is 21.6 Å². The molecule has 2 aromatic rings. The molecule has 0 amide bonds. The maximum atomic E-state index is 11.2. The van der Waals surface area contributed by atoms with Gasteiger partial charge in [0.15, 0.2) is 5.82 Å². The van der Waals surface area contributed by atoms with E-state index in [1.54, 1.807) is 0 Å². The molecule has 0 saturated carbocycles. The number of carbonyl (C=O) groups is 1. The Labute approximate surface area is 206 Å². The van der Waals surface area contributed by atoms with Crippen LogP contribution in [0.25, 0.3) is 11.4 Å². The van der Waals surface area contributed by atoms with Gasteiger partial charge in [0.2, 0.25) is 21.9 Å². The Morgan fingerprint density at radius 1 is 1.25 bits per heavy atom. The van der Waals surface area contributed by atoms with E-state index in [1.165, 1.54) is 0 Å². The van der Waals surface area contributed by atoms with Gasteiger partial charge in [0.1, 0.15) is 0 Å². The lowest BCUT2D eigenvalue weighted by Crippen LogP contribution is -2.36. The van der Waals surface area contributed by atoms with Crippen molar-refractivity contribution in [2.75, 3.05) is 35.6 Å². The molecule has 11 nitrogen and oxygen atoms in total. The van der Waals surface area contributed by atoms with Gasteiger partial charge in [-0.05, 0) is 25.7 Å². The molecule has 1 aromatic heterocycles. The molecule has 1 saturated heterocycles. The van der Waals surface area contributed by atoms with Crippen LogP contribution in [0.15, 0.2) is 30.3 Å². The van der Waals surface area contributed by atoms with E-state index in [1.807, 2.05) is 37.3 Å². The number of alkyl halides is 3. The van der Waals surface area contributed by atoms with Crippen LogP contribution in [0.1, 0.15) is 19.8 Å². The van der Waals surface area contributed by atoms with E-state index >= 15 is 0 Å². The lowest BCUT2D eigenvalue weighted by molar-refractivity contribution is -0.192. The third-order valence-corrected chi connectivity index (χ3v) is 6.07. The summed E-state index contributed by atoms with van der Waals surface area (Å²) in [5.41, 5.74) is 0.846. The number of rotatable bonds is 7. The Morgan fingerprint density at radius 2 is 1.83 bits per heavy atom. The van der Waals surface area contributed by atoms with E-state index < -0.39 is 22.2 Å². The zero-order chi connectivity index (χ0) is 26.9. The van der Waals surface area contributed by atoms with Gasteiger partial charge < -0.3 is 15.3 Å². The predicted octanol–water partition coefficient (Wildman–Crippen LogP) is 2.25. The van der Waals surface area contributed by atoms with Gasteiger partial charge in [-0.25, -0.2) is 18.4 Å². The molecule has 36 heavy (non-hydrogen) atoms. The highest BCUT2D eigenvalue weighted by atomic mass is 32.2. The highest BCUT2D eigenvalue weighted by Crippen LogP contribution is 2.27. The van der Waals surface area contributed by atoms with E-state index in [4.69, 9.17) is 20.3 Å². The number of aromatic nitrogens is 3. The first-order chi connectivity index (χ1) is 16.8. The van der Waals surface area contributed by atoms with Gasteiger partial charge in [-0.2, -0.15) is 33.4 Å². The number of nitrogens with zero attached hydrogens (tertiary/aromatic N) is 5. The lowest BCUT2D eigenvalue weighted by atomic mass is 9.86. The molecule has 0 radical (unpaired) electrons. The quantitative estimate of drug-likeness (QED) is 0.482. The number of hydrogen-bond acceptors (Lipinski definition) is 9. The molecule has 15 heteroatoms. The molecule has 1 aliphatic rings. The second-order valence-corrected chi connectivity index (χ2v) is 9.72. The number of sulfonamides is 1. The van der Waals surface area contributed by atoms with Gasteiger partial charge in [0, 0.05) is 31.1 Å². The normalized spacial score (nSPS) is 15.3. The van der Waals surface area contributed by atoms with Crippen molar-refractivity contribution in [2.24, 2.45) is 17.0 Å². The number of aliphatic carboxylic acids is 1. The number of halogens is 3. The number of nitrogens with one attached hydrogen (secondary N) is 1. The Hall–Kier alpha value is -3.51. The summed E-state index contributed by atoms with van der Waals surface area (Å²) in [4.78, 5) is 24.5. The fourth-order valence-corrected chi connectivity index (χ4v) is 3.70. The van der Waals surface area contributed by atoms with Crippen LogP contribution in [0.4, 0.5) is 25.1 Å². The number of anilines is 2. The summed E-state index contributed by atoms with van der Waals surface area (Å²) in [5, 5.41) is 24.3. The summed E-state index contributed by atoms with van der Waals surface area (Å²) in [5.74, 6) is -1.20. The first-order valence-corrected chi connectivity index (χ1v) is 12.5. The molecule has 2 heterocycles. The minimum absolute atomic E-state index is 0.0332. The molecule has 196 valence electrons. The van der Waals surface area contributed by atoms with Crippen LogP contribution < -0.4 is 15.4 Å². The van der Waals surface area contributed by atoms with Crippen LogP contribution in [0.5, 0.6) is 0 Å². The molecule has 0 bridgehead atoms. The summed E-state index contributed by atoms with van der Waals surface area (Å²) in [6.45, 7) is 3.58. The van der Waals surface area contributed by atoms with Crippen molar-refractivity contribution < 1.29 is 31.5 Å². The van der Waals surface area contributed by atoms with E-state index in [-0.39, 0.29) is 18.2 Å². The second-order valence-electron chi connectivity index (χ2n) is 7.99. The second kappa shape index (κ2) is 12.5. The zero-order valence-electron chi connectivity index (χ0n) is 19.3. The van der Waals surface area contributed by atoms with Gasteiger partial charge >= 0.3 is 12.1 Å². The molecule has 4 N–H and O–H groups in total. The molecule has 3 rings (SSSR count). The SMILES string of the molecule is CC(C#N)C1CCN(c2nc(NCCS(N)(=O)=O)nc(-c3ccccc3)n2)CC1.O=C(O)C(F)(F)F. The van der Waals surface area contributed by atoms with E-state index in [0.717, 1.165) is 31.5 Å². The third kappa shape index (κ3) is 9.27. The topological polar surface area (TPSA) is 175 Å². The van der Waals surface area contributed by atoms with E-state index in [0.29, 0.717) is 23.6 Å². The Balaban J connectivity index is 0.000000572. The molecule has 0 spiro atoms. The Kier molecular flexibility index (Phi) is 9.93. The summed E-state index contributed by atoms with van der Waals surface area (Å²) in [6.07, 6.45) is -3.29. The third-order valence-electron chi connectivity index (χ3n) is 5.30. The van der Waals surface area contributed by atoms with Gasteiger partial charge in [-0.3, -0.25) is 0 Å². The number of benzene rings is 1. The first-order valence-electron chi connectivity index (χ1n) is 10.8. The average Bonchev–Trinajstić information content (AvgIpc) is 2.83. The number of hydrogen-bond donors (Lipinski definition) is 3. The number of nitrogens with two attached hydrogens (primary N) is 1. The largest absolute Gasteiger partial charge is 0.490 e. The highest BCUT2D eigenvalue weighted by Gasteiger charge is 2.38. The molecule has 1 fully saturated rings. The monoisotopic (exact) mass is 529 g/mol. The van der Waals surface area contributed by atoms with Gasteiger partial charge in [0.05, 0.1) is 11.8 Å². The van der Waals surface area contributed by atoms with Crippen molar-refractivity contribution in [3.8, 4) is 17.5 Å². The Morgan fingerprint density at radius 3 is 2.33 bits per heavy atom. The van der Waals surface area contributed by atoms with Crippen molar-refractivity contribution in [3.63, 3.8) is 0 Å². The fourth-order valence-electron chi connectivity index (χ4n) is 3.31. The number of primary sulfonamides is 1. The van der Waals surface area contributed by atoms with Gasteiger partial charge in [-0.1, -0.05) is 30.3 Å². The predicted molar refractivity (Wildman–Crippen MR) is 125 cm³/mol. The molecular formula is C21H26F3N7O4S. The maximum Gasteiger partial charge on any atom is 0.490 e. The molecule has 0 aliphatic carbocycles. The average molecular weight is 530 g/mol. The number of carboxylic acids is 1. The lowest BCUT2D eigenvalue weighted by Gasteiger charge is -2.33. The van der Waals surface area contributed by atoms with Crippen molar-refractivity contribution >= 4 is 27.9 Å².